The number of nitrogens with one attached hydrogen (secondary N) is 1. The Morgan fingerprint density at radius 1 is 0.875 bits per heavy atom. The van der Waals surface area contributed by atoms with Gasteiger partial charge in [-0.15, -0.1) is 0 Å². The average Bonchev–Trinajstić information content (AvgIpc) is 3.30. The predicted molar refractivity (Wildman–Crippen MR) is 154 cm³/mol. The molecule has 1 aliphatic carbocycles. The second-order valence-corrected chi connectivity index (χ2v) is 11.3. The normalized spacial score (nSPS) is 14.5. The molecule has 0 saturated heterocycles. The minimum absolute atomic E-state index is 0.284. The highest BCUT2D eigenvalue weighted by molar-refractivity contribution is 5.82. The summed E-state index contributed by atoms with van der Waals surface area (Å²) in [7, 11) is 0. The van der Waals surface area contributed by atoms with Crippen molar-refractivity contribution in [3.05, 3.63) is 102 Å². The molecule has 2 heterocycles. The number of aromatic nitrogens is 3. The predicted octanol–water partition coefficient (Wildman–Crippen LogP) is 7.77. The zero-order valence-electron chi connectivity index (χ0n) is 22.8. The Bertz CT molecular complexity index is 1670. The van der Waals surface area contributed by atoms with Crippen molar-refractivity contribution >= 4 is 11.7 Å². The molecule has 40 heavy (non-hydrogen) atoms. The van der Waals surface area contributed by atoms with Gasteiger partial charge in [-0.25, -0.2) is 18.7 Å². The standard InChI is InChI=1S/C33H31FN4O2/c1-32(2,3)40-31(39)36-33(20-7-21-33)25-14-10-23(11-15-25)29-30(24-8-5-4-6-9-24)38-28(35-29)19-18-27(37-38)22-12-16-26(34)17-13-22/h4-6,8-19H,7,20-21H2,1-3H3,(H,36,39). The zero-order valence-corrected chi connectivity index (χ0v) is 22.8. The summed E-state index contributed by atoms with van der Waals surface area (Å²) in [5, 5.41) is 8.04. The molecule has 5 aromatic rings. The van der Waals surface area contributed by atoms with Crippen LogP contribution >= 0.6 is 0 Å². The van der Waals surface area contributed by atoms with Gasteiger partial charge in [0, 0.05) is 16.7 Å². The average molecular weight is 535 g/mol. The second kappa shape index (κ2) is 9.90. The van der Waals surface area contributed by atoms with E-state index in [1.807, 2.05) is 67.8 Å². The van der Waals surface area contributed by atoms with Crippen LogP contribution in [0.2, 0.25) is 0 Å². The van der Waals surface area contributed by atoms with Crippen LogP contribution in [0.3, 0.4) is 0 Å². The number of carbonyl (C=O) groups is 1. The Hall–Kier alpha value is -4.52. The molecule has 0 bridgehead atoms. The van der Waals surface area contributed by atoms with Gasteiger partial charge < -0.3 is 10.1 Å². The first-order valence-corrected chi connectivity index (χ1v) is 13.5. The largest absolute Gasteiger partial charge is 0.444 e. The van der Waals surface area contributed by atoms with Gasteiger partial charge in [0.25, 0.3) is 0 Å². The summed E-state index contributed by atoms with van der Waals surface area (Å²) in [6.45, 7) is 5.60. The highest BCUT2D eigenvalue weighted by atomic mass is 19.1. The lowest BCUT2D eigenvalue weighted by Crippen LogP contribution is -2.52. The van der Waals surface area contributed by atoms with Gasteiger partial charge >= 0.3 is 6.09 Å². The molecule has 1 saturated carbocycles. The summed E-state index contributed by atoms with van der Waals surface area (Å²) < 4.78 is 20.9. The van der Waals surface area contributed by atoms with Crippen molar-refractivity contribution in [3.8, 4) is 33.8 Å². The summed E-state index contributed by atoms with van der Waals surface area (Å²) in [4.78, 5) is 17.6. The fraction of sp³-hybridized carbons (Fsp3) is 0.242. The van der Waals surface area contributed by atoms with E-state index < -0.39 is 17.2 Å². The number of benzene rings is 3. The number of fused-ring (bicyclic) bond motifs is 1. The Morgan fingerprint density at radius 2 is 1.55 bits per heavy atom. The van der Waals surface area contributed by atoms with Crippen LogP contribution in [0.5, 0.6) is 0 Å². The lowest BCUT2D eigenvalue weighted by Gasteiger charge is -2.43. The van der Waals surface area contributed by atoms with Crippen LogP contribution in [0.25, 0.3) is 39.4 Å². The van der Waals surface area contributed by atoms with Crippen molar-refractivity contribution in [1.82, 2.24) is 19.9 Å². The number of rotatable bonds is 5. The molecular formula is C33H31FN4O2. The Labute approximate surface area is 232 Å². The third kappa shape index (κ3) is 4.95. The number of nitrogens with zero attached hydrogens (tertiary/aromatic N) is 3. The molecular weight excluding hydrogens is 503 g/mol. The van der Waals surface area contributed by atoms with Crippen LogP contribution < -0.4 is 5.32 Å². The molecule has 0 spiro atoms. The lowest BCUT2D eigenvalue weighted by molar-refractivity contribution is 0.0377. The number of ether oxygens (including phenoxy) is 1. The van der Waals surface area contributed by atoms with E-state index in [1.54, 1.807) is 12.1 Å². The molecule has 1 fully saturated rings. The van der Waals surface area contributed by atoms with E-state index >= 15 is 0 Å². The topological polar surface area (TPSA) is 68.5 Å². The monoisotopic (exact) mass is 534 g/mol. The van der Waals surface area contributed by atoms with Gasteiger partial charge in [0.05, 0.1) is 16.9 Å². The number of imidazole rings is 1. The highest BCUT2D eigenvalue weighted by Crippen LogP contribution is 2.42. The smallest absolute Gasteiger partial charge is 0.408 e. The first-order valence-electron chi connectivity index (χ1n) is 13.5. The van der Waals surface area contributed by atoms with Gasteiger partial charge in [-0.1, -0.05) is 54.6 Å². The van der Waals surface area contributed by atoms with E-state index in [9.17, 15) is 9.18 Å². The van der Waals surface area contributed by atoms with Crippen molar-refractivity contribution in [1.29, 1.82) is 0 Å². The van der Waals surface area contributed by atoms with Gasteiger partial charge in [0.15, 0.2) is 5.65 Å². The number of hydrogen-bond acceptors (Lipinski definition) is 4. The van der Waals surface area contributed by atoms with E-state index in [4.69, 9.17) is 14.8 Å². The number of carbonyl (C=O) groups excluding carboxylic acids is 1. The Kier molecular flexibility index (Phi) is 6.37. The van der Waals surface area contributed by atoms with Gasteiger partial charge in [-0.3, -0.25) is 0 Å². The maximum absolute atomic E-state index is 13.5. The van der Waals surface area contributed by atoms with Crippen molar-refractivity contribution in [2.75, 3.05) is 0 Å². The van der Waals surface area contributed by atoms with Crippen LogP contribution in [0.15, 0.2) is 91.0 Å². The van der Waals surface area contributed by atoms with Crippen LogP contribution in [-0.2, 0) is 10.3 Å². The van der Waals surface area contributed by atoms with Crippen LogP contribution in [0.1, 0.15) is 45.6 Å². The van der Waals surface area contributed by atoms with Crippen LogP contribution in [-0.4, -0.2) is 26.3 Å². The lowest BCUT2D eigenvalue weighted by atomic mass is 9.71. The molecule has 6 nitrogen and oxygen atoms in total. The van der Waals surface area contributed by atoms with Gasteiger partial charge in [-0.2, -0.15) is 5.10 Å². The second-order valence-electron chi connectivity index (χ2n) is 11.3. The number of alkyl carbamates (subject to hydrolysis) is 1. The minimum atomic E-state index is -0.555. The van der Waals surface area contributed by atoms with Gasteiger partial charge in [0.1, 0.15) is 17.1 Å². The van der Waals surface area contributed by atoms with E-state index in [-0.39, 0.29) is 5.82 Å². The Balaban J connectivity index is 1.40. The number of hydrogen-bond donors (Lipinski definition) is 1. The summed E-state index contributed by atoms with van der Waals surface area (Å²) in [6.07, 6.45) is 2.38. The van der Waals surface area contributed by atoms with E-state index in [0.29, 0.717) is 5.65 Å². The van der Waals surface area contributed by atoms with E-state index in [1.165, 1.54) is 12.1 Å². The fourth-order valence-electron chi connectivity index (χ4n) is 5.23. The highest BCUT2D eigenvalue weighted by Gasteiger charge is 2.41. The summed E-state index contributed by atoms with van der Waals surface area (Å²) in [5.74, 6) is -0.284. The third-order valence-electron chi connectivity index (χ3n) is 7.32. The Morgan fingerprint density at radius 3 is 2.17 bits per heavy atom. The maximum atomic E-state index is 13.5. The molecule has 202 valence electrons. The first-order chi connectivity index (χ1) is 19.2. The van der Waals surface area contributed by atoms with Crippen molar-refractivity contribution in [3.63, 3.8) is 0 Å². The quantitative estimate of drug-likeness (QED) is 0.250. The number of amides is 1. The number of halogens is 1. The molecule has 0 unspecified atom stereocenters. The zero-order chi connectivity index (χ0) is 27.9. The van der Waals surface area contributed by atoms with Crippen LogP contribution in [0.4, 0.5) is 9.18 Å². The van der Waals surface area contributed by atoms with Crippen molar-refractivity contribution in [2.24, 2.45) is 0 Å². The SMILES string of the molecule is CC(C)(C)OC(=O)NC1(c2ccc(-c3nc4ccc(-c5ccc(F)cc5)nn4c3-c3ccccc3)cc2)CCC1. The van der Waals surface area contributed by atoms with Gasteiger partial charge in [-0.05, 0) is 82.0 Å². The summed E-state index contributed by atoms with van der Waals surface area (Å²) in [6, 6.07) is 28.5. The van der Waals surface area contributed by atoms with E-state index in [0.717, 1.165) is 58.6 Å². The molecule has 3 aromatic carbocycles. The fourth-order valence-corrected chi connectivity index (χ4v) is 5.23. The summed E-state index contributed by atoms with van der Waals surface area (Å²) in [5.41, 5.74) is 5.95. The van der Waals surface area contributed by atoms with Gasteiger partial charge in [0.2, 0.25) is 0 Å². The van der Waals surface area contributed by atoms with Crippen molar-refractivity contribution < 1.29 is 13.9 Å². The molecule has 2 aromatic heterocycles. The summed E-state index contributed by atoms with van der Waals surface area (Å²) >= 11 is 0. The molecule has 1 aliphatic rings. The molecule has 1 amide bonds. The molecule has 0 atom stereocenters. The minimum Gasteiger partial charge on any atom is -0.444 e. The van der Waals surface area contributed by atoms with Crippen molar-refractivity contribution in [2.45, 2.75) is 51.2 Å². The molecule has 0 radical (unpaired) electrons. The molecule has 7 heteroatoms. The maximum Gasteiger partial charge on any atom is 0.408 e. The third-order valence-corrected chi connectivity index (χ3v) is 7.32. The molecule has 0 aliphatic heterocycles. The van der Waals surface area contributed by atoms with Crippen LogP contribution in [0, 0.1) is 5.82 Å². The molecule has 1 N–H and O–H groups in total. The molecule has 6 rings (SSSR count). The first kappa shape index (κ1) is 25.7. The van der Waals surface area contributed by atoms with E-state index in [2.05, 4.69) is 29.6 Å².